The summed E-state index contributed by atoms with van der Waals surface area (Å²) in [6, 6.07) is 53.1. The normalized spacial score (nSPS) is 10.9. The van der Waals surface area contributed by atoms with Crippen molar-refractivity contribution in [3.63, 3.8) is 0 Å². The lowest BCUT2D eigenvalue weighted by molar-refractivity contribution is 1.14. The summed E-state index contributed by atoms with van der Waals surface area (Å²) in [4.78, 5) is 4.67. The fourth-order valence-corrected chi connectivity index (χ4v) is 5.80. The van der Waals surface area contributed by atoms with E-state index in [0.717, 1.165) is 47.0 Å². The first-order valence-electron chi connectivity index (χ1n) is 15.6. The molecule has 0 aliphatic rings. The number of aryl methyl sites for hydroxylation is 4. The number of hydrogen-bond acceptors (Lipinski definition) is 2. The van der Waals surface area contributed by atoms with Crippen LogP contribution in [0.1, 0.15) is 36.1 Å². The first kappa shape index (κ1) is 29.0. The molecule has 0 aliphatic heterocycles. The number of rotatable bonds is 9. The Morgan fingerprint density at radius 1 is 0.364 bits per heavy atom. The number of nitrogens with zero attached hydrogens (tertiary/aromatic N) is 2. The Labute approximate surface area is 262 Å². The molecule has 0 unspecified atom stereocenters. The van der Waals surface area contributed by atoms with E-state index in [1.54, 1.807) is 0 Å². The van der Waals surface area contributed by atoms with Crippen LogP contribution in [0.2, 0.25) is 0 Å². The monoisotopic (exact) mass is 572 g/mol. The highest BCUT2D eigenvalue weighted by atomic mass is 15.1. The summed E-state index contributed by atoms with van der Waals surface area (Å²) in [5, 5.41) is 0. The van der Waals surface area contributed by atoms with E-state index in [0.29, 0.717) is 0 Å². The van der Waals surface area contributed by atoms with Crippen molar-refractivity contribution in [3.8, 4) is 11.1 Å². The molecule has 0 radical (unpaired) electrons. The van der Waals surface area contributed by atoms with Gasteiger partial charge in [0, 0.05) is 34.1 Å². The number of anilines is 6. The van der Waals surface area contributed by atoms with Crippen LogP contribution in [0.4, 0.5) is 34.1 Å². The van der Waals surface area contributed by atoms with Crippen molar-refractivity contribution in [1.29, 1.82) is 0 Å². The molecule has 6 rings (SSSR count). The van der Waals surface area contributed by atoms with Gasteiger partial charge in [0.15, 0.2) is 0 Å². The average Bonchev–Trinajstić information content (AvgIpc) is 3.06. The van der Waals surface area contributed by atoms with Crippen molar-refractivity contribution in [3.05, 3.63) is 168 Å². The standard InChI is InChI=1S/C42H40N2/c1-5-33-13-21-37(22-14-33)43(41-11-7-9-31(3)29-41)39-25-17-35(18-26-39)36-19-27-40(28-20-36)44(42-12-8-10-32(4)30-42)38-23-15-34(6-2)16-24-38/h7-30H,5-6H2,1-4H3. The van der Waals surface area contributed by atoms with Crippen molar-refractivity contribution in [1.82, 2.24) is 0 Å². The molecule has 0 spiro atoms. The smallest absolute Gasteiger partial charge is 0.0464 e. The Balaban J connectivity index is 1.32. The topological polar surface area (TPSA) is 6.48 Å². The second-order valence-corrected chi connectivity index (χ2v) is 11.5. The zero-order valence-corrected chi connectivity index (χ0v) is 26.2. The van der Waals surface area contributed by atoms with E-state index in [9.17, 15) is 0 Å². The Morgan fingerprint density at radius 2 is 0.682 bits per heavy atom. The van der Waals surface area contributed by atoms with Gasteiger partial charge in [0.2, 0.25) is 0 Å². The third-order valence-corrected chi connectivity index (χ3v) is 8.31. The van der Waals surface area contributed by atoms with Gasteiger partial charge in [-0.2, -0.15) is 0 Å². The number of hydrogen-bond donors (Lipinski definition) is 0. The molecule has 0 saturated heterocycles. The largest absolute Gasteiger partial charge is 0.310 e. The zero-order valence-electron chi connectivity index (χ0n) is 26.2. The fraction of sp³-hybridized carbons (Fsp3) is 0.143. The molecule has 6 aromatic rings. The summed E-state index contributed by atoms with van der Waals surface area (Å²) in [7, 11) is 0. The van der Waals surface area contributed by atoms with Crippen LogP contribution in [-0.2, 0) is 12.8 Å². The highest BCUT2D eigenvalue weighted by Crippen LogP contribution is 2.38. The maximum atomic E-state index is 2.34. The lowest BCUT2D eigenvalue weighted by Gasteiger charge is -2.27. The van der Waals surface area contributed by atoms with E-state index in [1.165, 1.54) is 33.4 Å². The van der Waals surface area contributed by atoms with Crippen LogP contribution in [0.25, 0.3) is 11.1 Å². The van der Waals surface area contributed by atoms with E-state index in [-0.39, 0.29) is 0 Å². The van der Waals surface area contributed by atoms with Gasteiger partial charge in [-0.1, -0.05) is 86.6 Å². The predicted molar refractivity (Wildman–Crippen MR) is 189 cm³/mol. The molecule has 0 aliphatic carbocycles. The summed E-state index contributed by atoms with van der Waals surface area (Å²) < 4.78 is 0. The minimum atomic E-state index is 1.03. The lowest BCUT2D eigenvalue weighted by Crippen LogP contribution is -2.10. The molecule has 0 fully saturated rings. The van der Waals surface area contributed by atoms with Crippen LogP contribution in [0.3, 0.4) is 0 Å². The summed E-state index contributed by atoms with van der Waals surface area (Å²) in [6.45, 7) is 8.69. The summed E-state index contributed by atoms with van der Waals surface area (Å²) in [5.74, 6) is 0. The second-order valence-electron chi connectivity index (χ2n) is 11.5. The molecule has 2 nitrogen and oxygen atoms in total. The Morgan fingerprint density at radius 3 is 0.977 bits per heavy atom. The van der Waals surface area contributed by atoms with Crippen molar-refractivity contribution in [2.75, 3.05) is 9.80 Å². The Kier molecular flexibility index (Phi) is 8.61. The molecular weight excluding hydrogens is 532 g/mol. The molecule has 2 heteroatoms. The average molecular weight is 573 g/mol. The molecule has 0 bridgehead atoms. The van der Waals surface area contributed by atoms with Gasteiger partial charge in [0.25, 0.3) is 0 Å². The van der Waals surface area contributed by atoms with Gasteiger partial charge >= 0.3 is 0 Å². The molecule has 0 heterocycles. The molecule has 218 valence electrons. The molecule has 0 aromatic heterocycles. The highest BCUT2D eigenvalue weighted by Gasteiger charge is 2.15. The van der Waals surface area contributed by atoms with Crippen LogP contribution < -0.4 is 9.80 Å². The van der Waals surface area contributed by atoms with E-state index in [2.05, 4.69) is 183 Å². The van der Waals surface area contributed by atoms with E-state index in [1.807, 2.05) is 0 Å². The van der Waals surface area contributed by atoms with Crippen LogP contribution >= 0.6 is 0 Å². The van der Waals surface area contributed by atoms with Gasteiger partial charge in [-0.05, 0) is 133 Å². The Hall–Kier alpha value is -5.08. The van der Waals surface area contributed by atoms with Crippen molar-refractivity contribution >= 4 is 34.1 Å². The summed E-state index contributed by atoms with van der Waals surface area (Å²) >= 11 is 0. The molecule has 0 atom stereocenters. The maximum absolute atomic E-state index is 2.34. The van der Waals surface area contributed by atoms with Crippen LogP contribution in [0.5, 0.6) is 0 Å². The third-order valence-electron chi connectivity index (χ3n) is 8.31. The lowest BCUT2D eigenvalue weighted by atomic mass is 10.0. The van der Waals surface area contributed by atoms with E-state index >= 15 is 0 Å². The molecule has 6 aromatic carbocycles. The van der Waals surface area contributed by atoms with Crippen LogP contribution in [0, 0.1) is 13.8 Å². The molecular formula is C42H40N2. The number of benzene rings is 6. The fourth-order valence-electron chi connectivity index (χ4n) is 5.80. The van der Waals surface area contributed by atoms with Gasteiger partial charge in [0.05, 0.1) is 0 Å². The van der Waals surface area contributed by atoms with Gasteiger partial charge in [-0.15, -0.1) is 0 Å². The highest BCUT2D eigenvalue weighted by molar-refractivity contribution is 5.81. The minimum absolute atomic E-state index is 1.03. The maximum Gasteiger partial charge on any atom is 0.0464 e. The molecule has 44 heavy (non-hydrogen) atoms. The quantitative estimate of drug-likeness (QED) is 0.170. The Bertz CT molecular complexity index is 1680. The first-order valence-corrected chi connectivity index (χ1v) is 15.6. The van der Waals surface area contributed by atoms with Crippen LogP contribution in [-0.4, -0.2) is 0 Å². The molecule has 0 amide bonds. The van der Waals surface area contributed by atoms with Gasteiger partial charge < -0.3 is 9.80 Å². The second kappa shape index (κ2) is 13.1. The van der Waals surface area contributed by atoms with Gasteiger partial charge in [-0.25, -0.2) is 0 Å². The van der Waals surface area contributed by atoms with Gasteiger partial charge in [-0.3, -0.25) is 0 Å². The molecule has 0 saturated carbocycles. The minimum Gasteiger partial charge on any atom is -0.310 e. The van der Waals surface area contributed by atoms with Crippen LogP contribution in [0.15, 0.2) is 146 Å². The molecule has 0 N–H and O–H groups in total. The summed E-state index contributed by atoms with van der Waals surface area (Å²) in [5.41, 5.74) is 14.5. The van der Waals surface area contributed by atoms with Crippen molar-refractivity contribution < 1.29 is 0 Å². The van der Waals surface area contributed by atoms with E-state index < -0.39 is 0 Å². The van der Waals surface area contributed by atoms with Crippen molar-refractivity contribution in [2.45, 2.75) is 40.5 Å². The summed E-state index contributed by atoms with van der Waals surface area (Å²) in [6.07, 6.45) is 2.07. The SMILES string of the molecule is CCc1ccc(N(c2ccc(-c3ccc(N(c4ccc(CC)cc4)c4cccc(C)c4)cc3)cc2)c2cccc(C)c2)cc1. The van der Waals surface area contributed by atoms with Gasteiger partial charge in [0.1, 0.15) is 0 Å². The zero-order chi connectivity index (χ0) is 30.5. The first-order chi connectivity index (χ1) is 21.5. The van der Waals surface area contributed by atoms with Crippen molar-refractivity contribution in [2.24, 2.45) is 0 Å². The third kappa shape index (κ3) is 6.31. The van der Waals surface area contributed by atoms with E-state index in [4.69, 9.17) is 0 Å². The predicted octanol–water partition coefficient (Wildman–Crippen LogP) is 12.0.